The smallest absolute Gasteiger partial charge is 0.345 e. The van der Waals surface area contributed by atoms with Crippen LogP contribution in [0.5, 0.6) is 0 Å². The van der Waals surface area contributed by atoms with Gasteiger partial charge in [0.25, 0.3) is 0 Å². The highest BCUT2D eigenvalue weighted by Gasteiger charge is 2.11. The lowest BCUT2D eigenvalue weighted by molar-refractivity contribution is 0.0702. The summed E-state index contributed by atoms with van der Waals surface area (Å²) in [6, 6.07) is 1.63. The highest BCUT2D eigenvalue weighted by molar-refractivity contribution is 7.91. The van der Waals surface area contributed by atoms with Gasteiger partial charge in [-0.1, -0.05) is 6.92 Å². The molecule has 1 heterocycles. The van der Waals surface area contributed by atoms with Crippen molar-refractivity contribution in [3.63, 3.8) is 0 Å². The number of carbonyl (C=O) groups is 1. The second-order valence-corrected chi connectivity index (χ2v) is 7.64. The molecule has 5 nitrogen and oxygen atoms in total. The Labute approximate surface area is 111 Å². The van der Waals surface area contributed by atoms with E-state index in [2.05, 4.69) is 5.32 Å². The second kappa shape index (κ2) is 6.31. The Kier molecular flexibility index (Phi) is 5.30. The number of aromatic carboxylic acids is 1. The van der Waals surface area contributed by atoms with Crippen LogP contribution >= 0.6 is 11.3 Å². The largest absolute Gasteiger partial charge is 0.477 e. The minimum Gasteiger partial charge on any atom is -0.477 e. The summed E-state index contributed by atoms with van der Waals surface area (Å²) in [6.45, 7) is 4.36. The fourth-order valence-electron chi connectivity index (χ4n) is 1.40. The Hall–Kier alpha value is -0.920. The van der Waals surface area contributed by atoms with E-state index in [1.807, 2.05) is 6.92 Å². The summed E-state index contributed by atoms with van der Waals surface area (Å²) in [4.78, 5) is 12.0. The van der Waals surface area contributed by atoms with Gasteiger partial charge in [-0.15, -0.1) is 11.3 Å². The van der Waals surface area contributed by atoms with E-state index < -0.39 is 15.8 Å². The number of rotatable bonds is 7. The van der Waals surface area contributed by atoms with Gasteiger partial charge in [-0.25, -0.2) is 13.2 Å². The number of sulfone groups is 1. The molecule has 0 fully saturated rings. The van der Waals surface area contributed by atoms with E-state index in [0.29, 0.717) is 18.0 Å². The average molecular weight is 291 g/mol. The molecule has 102 valence electrons. The third-order valence-corrected chi connectivity index (χ3v) is 5.36. The van der Waals surface area contributed by atoms with E-state index in [1.165, 1.54) is 11.3 Å². The molecule has 0 saturated heterocycles. The van der Waals surface area contributed by atoms with Crippen LogP contribution in [0.2, 0.25) is 0 Å². The fraction of sp³-hybridized carbons (Fsp3) is 0.545. The van der Waals surface area contributed by atoms with Crippen LogP contribution in [0.4, 0.5) is 0 Å². The zero-order valence-electron chi connectivity index (χ0n) is 10.4. The Bertz CT molecular complexity index is 519. The molecule has 0 aliphatic carbocycles. The summed E-state index contributed by atoms with van der Waals surface area (Å²) in [5, 5.41) is 11.9. The summed E-state index contributed by atoms with van der Waals surface area (Å²) in [5.41, 5.74) is 0.909. The fourth-order valence-corrected chi connectivity index (χ4v) is 3.02. The van der Waals surface area contributed by atoms with Crippen molar-refractivity contribution < 1.29 is 18.3 Å². The Morgan fingerprint density at radius 1 is 1.50 bits per heavy atom. The van der Waals surface area contributed by atoms with Crippen molar-refractivity contribution in [1.82, 2.24) is 5.32 Å². The van der Waals surface area contributed by atoms with Crippen molar-refractivity contribution in [2.75, 3.05) is 18.1 Å². The van der Waals surface area contributed by atoms with E-state index >= 15 is 0 Å². The Morgan fingerprint density at radius 3 is 2.67 bits per heavy atom. The van der Waals surface area contributed by atoms with Crippen LogP contribution in [0.25, 0.3) is 0 Å². The summed E-state index contributed by atoms with van der Waals surface area (Å²) < 4.78 is 22.5. The SMILES string of the molecule is CCS(=O)(=O)CCNCc1cc(C(=O)O)sc1C. The van der Waals surface area contributed by atoms with Crippen LogP contribution in [0.15, 0.2) is 6.07 Å². The molecule has 2 N–H and O–H groups in total. The minimum absolute atomic E-state index is 0.110. The van der Waals surface area contributed by atoms with Gasteiger partial charge in [0.2, 0.25) is 0 Å². The maximum absolute atomic E-state index is 11.3. The van der Waals surface area contributed by atoms with Crippen molar-refractivity contribution in [2.45, 2.75) is 20.4 Å². The van der Waals surface area contributed by atoms with Crippen LogP contribution in [0, 0.1) is 6.92 Å². The molecule has 0 aliphatic rings. The van der Waals surface area contributed by atoms with Gasteiger partial charge in [0.15, 0.2) is 9.84 Å². The van der Waals surface area contributed by atoms with E-state index in [1.54, 1.807) is 13.0 Å². The predicted molar refractivity (Wildman–Crippen MR) is 72.0 cm³/mol. The van der Waals surface area contributed by atoms with E-state index in [0.717, 1.165) is 10.4 Å². The molecule has 0 spiro atoms. The van der Waals surface area contributed by atoms with Crippen LogP contribution in [0.3, 0.4) is 0 Å². The molecule has 18 heavy (non-hydrogen) atoms. The quantitative estimate of drug-likeness (QED) is 0.739. The normalized spacial score (nSPS) is 11.7. The van der Waals surface area contributed by atoms with Crippen molar-refractivity contribution in [1.29, 1.82) is 0 Å². The third kappa shape index (κ3) is 4.40. The highest BCUT2D eigenvalue weighted by atomic mass is 32.2. The van der Waals surface area contributed by atoms with Crippen molar-refractivity contribution in [3.05, 3.63) is 21.4 Å². The standard InChI is InChI=1S/C11H17NO4S2/c1-3-18(15,16)5-4-12-7-9-6-10(11(13)14)17-8(9)2/h6,12H,3-5,7H2,1-2H3,(H,13,14). The first-order valence-corrected chi connectivity index (χ1v) is 8.23. The van der Waals surface area contributed by atoms with Gasteiger partial charge < -0.3 is 10.4 Å². The van der Waals surface area contributed by atoms with E-state index in [4.69, 9.17) is 5.11 Å². The lowest BCUT2D eigenvalue weighted by Gasteiger charge is -2.04. The summed E-state index contributed by atoms with van der Waals surface area (Å²) in [7, 11) is -2.95. The van der Waals surface area contributed by atoms with Crippen LogP contribution in [-0.4, -0.2) is 37.5 Å². The topological polar surface area (TPSA) is 83.5 Å². The van der Waals surface area contributed by atoms with Gasteiger partial charge in [0.05, 0.1) is 5.75 Å². The molecule has 0 aliphatic heterocycles. The van der Waals surface area contributed by atoms with Crippen molar-refractivity contribution in [2.24, 2.45) is 0 Å². The van der Waals surface area contributed by atoms with Crippen LogP contribution in [0.1, 0.15) is 27.0 Å². The van der Waals surface area contributed by atoms with Gasteiger partial charge in [0, 0.05) is 23.7 Å². The molecular weight excluding hydrogens is 274 g/mol. The number of hydrogen-bond acceptors (Lipinski definition) is 5. The van der Waals surface area contributed by atoms with Crippen molar-refractivity contribution >= 4 is 27.1 Å². The lowest BCUT2D eigenvalue weighted by atomic mass is 10.2. The molecule has 0 radical (unpaired) electrons. The molecular formula is C11H17NO4S2. The molecule has 1 aromatic heterocycles. The number of carboxylic acid groups (broad SMARTS) is 1. The molecule has 0 saturated carbocycles. The average Bonchev–Trinajstić information content (AvgIpc) is 2.67. The monoisotopic (exact) mass is 291 g/mol. The molecule has 0 aromatic carbocycles. The zero-order chi connectivity index (χ0) is 13.8. The minimum atomic E-state index is -2.95. The molecule has 0 bridgehead atoms. The van der Waals surface area contributed by atoms with Gasteiger partial charge >= 0.3 is 5.97 Å². The first-order valence-electron chi connectivity index (χ1n) is 5.59. The molecule has 7 heteroatoms. The summed E-state index contributed by atoms with van der Waals surface area (Å²) >= 11 is 1.23. The van der Waals surface area contributed by atoms with Crippen LogP contribution in [-0.2, 0) is 16.4 Å². The first kappa shape index (κ1) is 15.1. The number of nitrogens with one attached hydrogen (secondary N) is 1. The van der Waals surface area contributed by atoms with Gasteiger partial charge in [-0.2, -0.15) is 0 Å². The van der Waals surface area contributed by atoms with E-state index in [-0.39, 0.29) is 11.5 Å². The maximum Gasteiger partial charge on any atom is 0.345 e. The summed E-state index contributed by atoms with van der Waals surface area (Å²) in [5.74, 6) is -0.670. The first-order chi connectivity index (χ1) is 8.35. The van der Waals surface area contributed by atoms with E-state index in [9.17, 15) is 13.2 Å². The Morgan fingerprint density at radius 2 is 2.17 bits per heavy atom. The molecule has 1 rings (SSSR count). The highest BCUT2D eigenvalue weighted by Crippen LogP contribution is 2.21. The number of thiophene rings is 1. The zero-order valence-corrected chi connectivity index (χ0v) is 12.0. The summed E-state index contributed by atoms with van der Waals surface area (Å²) in [6.07, 6.45) is 0. The molecule has 1 aromatic rings. The van der Waals surface area contributed by atoms with Crippen LogP contribution < -0.4 is 5.32 Å². The number of hydrogen-bond donors (Lipinski definition) is 2. The number of aryl methyl sites for hydroxylation is 1. The Balaban J connectivity index is 2.47. The second-order valence-electron chi connectivity index (χ2n) is 3.91. The molecule has 0 unspecified atom stereocenters. The third-order valence-electron chi connectivity index (χ3n) is 2.58. The molecule has 0 atom stereocenters. The predicted octanol–water partition coefficient (Wildman–Crippen LogP) is 1.28. The molecule has 0 amide bonds. The van der Waals surface area contributed by atoms with Gasteiger partial charge in [-0.05, 0) is 18.6 Å². The van der Waals surface area contributed by atoms with Gasteiger partial charge in [-0.3, -0.25) is 0 Å². The van der Waals surface area contributed by atoms with Gasteiger partial charge in [0.1, 0.15) is 4.88 Å². The van der Waals surface area contributed by atoms with Crippen molar-refractivity contribution in [3.8, 4) is 0 Å². The lowest BCUT2D eigenvalue weighted by Crippen LogP contribution is -2.23. The number of carboxylic acids is 1. The maximum atomic E-state index is 11.3.